The summed E-state index contributed by atoms with van der Waals surface area (Å²) >= 11 is 0. The Hall–Kier alpha value is -1.43. The second-order valence-electron chi connectivity index (χ2n) is 2.73. The van der Waals surface area contributed by atoms with Gasteiger partial charge in [0.15, 0.2) is 6.10 Å². The summed E-state index contributed by atoms with van der Waals surface area (Å²) in [7, 11) is 0. The van der Waals surface area contributed by atoms with E-state index in [4.69, 9.17) is 15.3 Å². The molecule has 0 fully saturated rings. The van der Waals surface area contributed by atoms with Crippen LogP contribution in [-0.4, -0.2) is 21.5 Å². The van der Waals surface area contributed by atoms with Gasteiger partial charge in [0.2, 0.25) is 0 Å². The zero-order valence-corrected chi connectivity index (χ0v) is 6.78. The molecule has 1 aromatic carbocycles. The summed E-state index contributed by atoms with van der Waals surface area (Å²) in [6, 6.07) is 2.34. The van der Waals surface area contributed by atoms with Crippen LogP contribution in [-0.2, 0) is 0 Å². The van der Waals surface area contributed by atoms with Crippen molar-refractivity contribution in [1.29, 1.82) is 0 Å². The molecule has 1 rings (SSSR count). The van der Waals surface area contributed by atoms with Crippen molar-refractivity contribution < 1.29 is 28.5 Å². The van der Waals surface area contributed by atoms with Gasteiger partial charge in [-0.2, -0.15) is 13.2 Å². The molecule has 0 heterocycles. The molecule has 1 atom stereocenters. The van der Waals surface area contributed by atoms with Gasteiger partial charge in [-0.25, -0.2) is 0 Å². The predicted octanol–water partition coefficient (Wildman–Crippen LogP) is 1.69. The van der Waals surface area contributed by atoms with E-state index >= 15 is 0 Å². The lowest BCUT2D eigenvalue weighted by molar-refractivity contribution is -0.206. The molecule has 0 aliphatic carbocycles. The molecule has 3 N–H and O–H groups in total. The third kappa shape index (κ3) is 2.29. The third-order valence-corrected chi connectivity index (χ3v) is 1.55. The van der Waals surface area contributed by atoms with Crippen molar-refractivity contribution in [3.05, 3.63) is 23.8 Å². The van der Waals surface area contributed by atoms with Gasteiger partial charge in [0.05, 0.1) is 0 Å². The summed E-state index contributed by atoms with van der Waals surface area (Å²) in [5.41, 5.74) is -0.602. The van der Waals surface area contributed by atoms with Crippen LogP contribution in [0.3, 0.4) is 0 Å². The fourth-order valence-electron chi connectivity index (χ4n) is 0.965. The van der Waals surface area contributed by atoms with Crippen molar-refractivity contribution in [3.8, 4) is 11.5 Å². The van der Waals surface area contributed by atoms with Gasteiger partial charge in [0.1, 0.15) is 11.5 Å². The summed E-state index contributed by atoms with van der Waals surface area (Å²) in [4.78, 5) is 0. The van der Waals surface area contributed by atoms with E-state index < -0.39 is 29.3 Å². The van der Waals surface area contributed by atoms with Crippen LogP contribution in [0.1, 0.15) is 11.7 Å². The zero-order chi connectivity index (χ0) is 10.9. The Kier molecular flexibility index (Phi) is 2.57. The highest BCUT2D eigenvalue weighted by atomic mass is 19.4. The van der Waals surface area contributed by atoms with Gasteiger partial charge >= 0.3 is 6.18 Å². The zero-order valence-electron chi connectivity index (χ0n) is 6.78. The van der Waals surface area contributed by atoms with Crippen LogP contribution in [0.15, 0.2) is 18.2 Å². The van der Waals surface area contributed by atoms with E-state index in [1.807, 2.05) is 0 Å². The fourth-order valence-corrected chi connectivity index (χ4v) is 0.965. The topological polar surface area (TPSA) is 60.7 Å². The average Bonchev–Trinajstić information content (AvgIpc) is 1.99. The van der Waals surface area contributed by atoms with Crippen molar-refractivity contribution in [2.75, 3.05) is 0 Å². The van der Waals surface area contributed by atoms with E-state index in [9.17, 15) is 13.2 Å². The Balaban J connectivity index is 3.07. The molecule has 0 saturated heterocycles. The molecule has 0 saturated carbocycles. The Labute approximate surface area is 77.0 Å². The number of aromatic hydroxyl groups is 2. The number of phenolic OH excluding ortho intramolecular Hbond substituents is 2. The summed E-state index contributed by atoms with van der Waals surface area (Å²) < 4.78 is 36.0. The highest BCUT2D eigenvalue weighted by Crippen LogP contribution is 2.35. The fraction of sp³-hybridized carbons (Fsp3) is 0.250. The molecular weight excluding hydrogens is 201 g/mol. The minimum Gasteiger partial charge on any atom is -0.508 e. The Morgan fingerprint density at radius 1 is 1.00 bits per heavy atom. The first kappa shape index (κ1) is 10.6. The van der Waals surface area contributed by atoms with E-state index in [-0.39, 0.29) is 0 Å². The molecular formula is C8H7F3O3. The average molecular weight is 208 g/mol. The van der Waals surface area contributed by atoms with Crippen molar-refractivity contribution in [2.45, 2.75) is 12.3 Å². The van der Waals surface area contributed by atoms with Crippen LogP contribution in [0.25, 0.3) is 0 Å². The molecule has 1 aromatic rings. The van der Waals surface area contributed by atoms with Gasteiger partial charge in [-0.3, -0.25) is 0 Å². The molecule has 6 heteroatoms. The molecule has 0 aliphatic rings. The standard InChI is InChI=1S/C8H7F3O3/c9-8(10,11)7(14)4-1-5(12)3-6(13)2-4/h1-3,7,12-14H. The monoisotopic (exact) mass is 208 g/mol. The minimum absolute atomic E-state index is 0.539. The van der Waals surface area contributed by atoms with Crippen LogP contribution in [0.2, 0.25) is 0 Å². The lowest BCUT2D eigenvalue weighted by atomic mass is 10.1. The number of alkyl halides is 3. The normalized spacial score (nSPS) is 14.0. The van der Waals surface area contributed by atoms with Crippen molar-refractivity contribution in [1.82, 2.24) is 0 Å². The van der Waals surface area contributed by atoms with E-state index in [1.54, 1.807) is 0 Å². The second kappa shape index (κ2) is 3.38. The number of halogens is 3. The van der Waals surface area contributed by atoms with Crippen LogP contribution >= 0.6 is 0 Å². The molecule has 0 bridgehead atoms. The summed E-state index contributed by atoms with van der Waals surface area (Å²) in [5, 5.41) is 26.5. The number of benzene rings is 1. The summed E-state index contributed by atoms with van der Waals surface area (Å²) in [5.74, 6) is -1.08. The Bertz CT molecular complexity index is 315. The first-order chi connectivity index (χ1) is 6.30. The molecule has 0 aliphatic heterocycles. The van der Waals surface area contributed by atoms with Gasteiger partial charge in [-0.1, -0.05) is 0 Å². The van der Waals surface area contributed by atoms with Gasteiger partial charge < -0.3 is 15.3 Å². The number of hydrogen-bond donors (Lipinski definition) is 3. The van der Waals surface area contributed by atoms with Crippen LogP contribution in [0.5, 0.6) is 11.5 Å². The quantitative estimate of drug-likeness (QED) is 0.658. The first-order valence-corrected chi connectivity index (χ1v) is 3.58. The largest absolute Gasteiger partial charge is 0.508 e. The maximum Gasteiger partial charge on any atom is 0.418 e. The molecule has 3 nitrogen and oxygen atoms in total. The molecule has 0 amide bonds. The number of aliphatic hydroxyl groups excluding tert-OH is 1. The summed E-state index contributed by atoms with van der Waals surface area (Å²) in [6.07, 6.45) is -7.53. The van der Waals surface area contributed by atoms with Gasteiger partial charge in [-0.05, 0) is 17.7 Å². The van der Waals surface area contributed by atoms with Crippen molar-refractivity contribution in [3.63, 3.8) is 0 Å². The molecule has 0 aromatic heterocycles. The summed E-state index contributed by atoms with van der Waals surface area (Å²) in [6.45, 7) is 0. The molecule has 78 valence electrons. The minimum atomic E-state index is -4.82. The number of phenols is 2. The Morgan fingerprint density at radius 3 is 1.79 bits per heavy atom. The SMILES string of the molecule is Oc1cc(O)cc(C(O)C(F)(F)F)c1. The maximum atomic E-state index is 12.0. The molecule has 14 heavy (non-hydrogen) atoms. The smallest absolute Gasteiger partial charge is 0.418 e. The van der Waals surface area contributed by atoms with Gasteiger partial charge in [-0.15, -0.1) is 0 Å². The van der Waals surface area contributed by atoms with E-state index in [2.05, 4.69) is 0 Å². The predicted molar refractivity (Wildman–Crippen MR) is 40.8 cm³/mol. The highest BCUT2D eigenvalue weighted by molar-refractivity contribution is 5.37. The molecule has 1 unspecified atom stereocenters. The van der Waals surface area contributed by atoms with E-state index in [1.165, 1.54) is 0 Å². The van der Waals surface area contributed by atoms with Crippen molar-refractivity contribution >= 4 is 0 Å². The number of hydrogen-bond acceptors (Lipinski definition) is 3. The van der Waals surface area contributed by atoms with Crippen LogP contribution in [0, 0.1) is 0 Å². The van der Waals surface area contributed by atoms with E-state index in [0.717, 1.165) is 18.2 Å². The number of rotatable bonds is 1. The van der Waals surface area contributed by atoms with E-state index in [0.29, 0.717) is 0 Å². The van der Waals surface area contributed by atoms with Crippen LogP contribution < -0.4 is 0 Å². The molecule has 0 radical (unpaired) electrons. The number of aliphatic hydroxyl groups is 1. The third-order valence-electron chi connectivity index (χ3n) is 1.55. The highest BCUT2D eigenvalue weighted by Gasteiger charge is 2.39. The lowest BCUT2D eigenvalue weighted by Crippen LogP contribution is -2.19. The first-order valence-electron chi connectivity index (χ1n) is 3.58. The maximum absolute atomic E-state index is 12.0. The second-order valence-corrected chi connectivity index (χ2v) is 2.73. The van der Waals surface area contributed by atoms with Crippen molar-refractivity contribution in [2.24, 2.45) is 0 Å². The van der Waals surface area contributed by atoms with Crippen LogP contribution in [0.4, 0.5) is 13.2 Å². The lowest BCUT2D eigenvalue weighted by Gasteiger charge is -2.14. The molecule has 0 spiro atoms. The van der Waals surface area contributed by atoms with Gasteiger partial charge in [0, 0.05) is 6.07 Å². The Morgan fingerprint density at radius 2 is 1.43 bits per heavy atom. The van der Waals surface area contributed by atoms with Gasteiger partial charge in [0.25, 0.3) is 0 Å².